The second-order valence-electron chi connectivity index (χ2n) is 3.17. The summed E-state index contributed by atoms with van der Waals surface area (Å²) in [4.78, 5) is 1.41. The van der Waals surface area contributed by atoms with Crippen molar-refractivity contribution >= 4 is 11.3 Å². The molecule has 0 amide bonds. The van der Waals surface area contributed by atoms with Crippen LogP contribution in [0.25, 0.3) is 0 Å². The first kappa shape index (κ1) is 6.81. The van der Waals surface area contributed by atoms with Gasteiger partial charge in [0.1, 0.15) is 0 Å². The summed E-state index contributed by atoms with van der Waals surface area (Å²) in [5, 5.41) is 3.08. The van der Waals surface area contributed by atoms with E-state index in [9.17, 15) is 0 Å². The maximum atomic E-state index is 3.08. The van der Waals surface area contributed by atoms with Crippen molar-refractivity contribution in [2.45, 2.75) is 26.2 Å². The Morgan fingerprint density at radius 3 is 2.33 bits per heavy atom. The Hall–Kier alpha value is -0.300. The van der Waals surface area contributed by atoms with Gasteiger partial charge in [-0.3, -0.25) is 0 Å². The largest absolute Gasteiger partial charge is 0.139 e. The fourth-order valence-corrected chi connectivity index (χ4v) is 1.35. The molecule has 1 aromatic rings. The molecule has 1 heterocycles. The monoisotopic (exact) mass is 139 g/mol. The molecule has 0 nitrogen and oxygen atoms in total. The van der Waals surface area contributed by atoms with Gasteiger partial charge >= 0.3 is 0 Å². The Morgan fingerprint density at radius 1 is 1.44 bits per heavy atom. The minimum absolute atomic E-state index is 0.310. The van der Waals surface area contributed by atoms with E-state index in [1.54, 1.807) is 11.3 Å². The van der Waals surface area contributed by atoms with Crippen LogP contribution in [0.5, 0.6) is 0 Å². The van der Waals surface area contributed by atoms with Gasteiger partial charge in [0.15, 0.2) is 0 Å². The molecule has 0 saturated heterocycles. The van der Waals surface area contributed by atoms with Crippen molar-refractivity contribution in [3.8, 4) is 0 Å². The van der Waals surface area contributed by atoms with Crippen molar-refractivity contribution in [3.05, 3.63) is 22.4 Å². The maximum absolute atomic E-state index is 3.08. The zero-order valence-electron chi connectivity index (χ0n) is 6.06. The van der Waals surface area contributed by atoms with Crippen molar-refractivity contribution in [3.63, 3.8) is 0 Å². The lowest BCUT2D eigenvalue weighted by atomic mass is 9.95. The zero-order valence-corrected chi connectivity index (χ0v) is 6.88. The van der Waals surface area contributed by atoms with Crippen LogP contribution >= 0.6 is 11.3 Å². The Labute approximate surface area is 60.5 Å². The molecule has 1 heteroatoms. The van der Waals surface area contributed by atoms with Crippen molar-refractivity contribution in [1.29, 1.82) is 0 Å². The first-order valence-electron chi connectivity index (χ1n) is 3.07. The summed E-state index contributed by atoms with van der Waals surface area (Å²) in [6.45, 7) is 6.64. The minimum atomic E-state index is 0.310. The molecule has 0 aliphatic heterocycles. The van der Waals surface area contributed by atoms with E-state index in [1.807, 2.05) is 6.07 Å². The maximum Gasteiger partial charge on any atom is 0.0445 e. The van der Waals surface area contributed by atoms with E-state index in [1.165, 1.54) is 4.88 Å². The van der Waals surface area contributed by atoms with Crippen LogP contribution in [0, 0.1) is 5.38 Å². The molecule has 0 spiro atoms. The summed E-state index contributed by atoms with van der Waals surface area (Å²) in [6, 6.07) is 4.11. The standard InChI is InChI=1S/C8H11S/c1-8(2,3)7-5-4-6-9-7/h4-5H,1-3H3. The molecule has 0 aliphatic carbocycles. The van der Waals surface area contributed by atoms with Gasteiger partial charge in [-0.25, -0.2) is 0 Å². The first-order chi connectivity index (χ1) is 4.11. The van der Waals surface area contributed by atoms with Gasteiger partial charge in [-0.05, 0) is 17.5 Å². The van der Waals surface area contributed by atoms with Gasteiger partial charge in [-0.2, -0.15) is 0 Å². The van der Waals surface area contributed by atoms with Crippen molar-refractivity contribution < 1.29 is 0 Å². The van der Waals surface area contributed by atoms with Gasteiger partial charge in [-0.1, -0.05) is 20.8 Å². The van der Waals surface area contributed by atoms with Crippen LogP contribution in [0.4, 0.5) is 0 Å². The van der Waals surface area contributed by atoms with E-state index >= 15 is 0 Å². The SMILES string of the molecule is CC(C)(C)c1cc[c]s1. The Morgan fingerprint density at radius 2 is 2.11 bits per heavy atom. The topological polar surface area (TPSA) is 0 Å². The van der Waals surface area contributed by atoms with Crippen LogP contribution in [0.15, 0.2) is 12.1 Å². The van der Waals surface area contributed by atoms with Crippen molar-refractivity contribution in [2.75, 3.05) is 0 Å². The molecule has 0 atom stereocenters. The highest BCUT2D eigenvalue weighted by Gasteiger charge is 2.13. The summed E-state index contributed by atoms with van der Waals surface area (Å²) in [7, 11) is 0. The van der Waals surface area contributed by atoms with Crippen LogP contribution < -0.4 is 0 Å². The third-order valence-corrected chi connectivity index (χ3v) is 2.43. The van der Waals surface area contributed by atoms with Gasteiger partial charge < -0.3 is 0 Å². The number of thiophene rings is 1. The molecule has 0 bridgehead atoms. The fraction of sp³-hybridized carbons (Fsp3) is 0.500. The molecule has 1 rings (SSSR count). The van der Waals surface area contributed by atoms with Crippen LogP contribution in [-0.4, -0.2) is 0 Å². The van der Waals surface area contributed by atoms with E-state index in [0.717, 1.165) is 0 Å². The molecule has 0 fully saturated rings. The van der Waals surface area contributed by atoms with Crippen molar-refractivity contribution in [2.24, 2.45) is 0 Å². The molecule has 1 aromatic heterocycles. The highest BCUT2D eigenvalue weighted by atomic mass is 32.1. The van der Waals surface area contributed by atoms with Crippen molar-refractivity contribution in [1.82, 2.24) is 0 Å². The predicted molar refractivity (Wildman–Crippen MR) is 41.9 cm³/mol. The van der Waals surface area contributed by atoms with Gasteiger partial charge in [0, 0.05) is 10.3 Å². The fourth-order valence-electron chi connectivity index (χ4n) is 0.644. The average molecular weight is 139 g/mol. The molecule has 0 unspecified atom stereocenters. The normalized spacial score (nSPS) is 11.9. The number of hydrogen-bond donors (Lipinski definition) is 0. The average Bonchev–Trinajstić information content (AvgIpc) is 2.08. The summed E-state index contributed by atoms with van der Waals surface area (Å²) < 4.78 is 0. The van der Waals surface area contributed by atoms with Crippen LogP contribution in [0.1, 0.15) is 25.6 Å². The lowest BCUT2D eigenvalue weighted by Crippen LogP contribution is -2.07. The lowest BCUT2D eigenvalue weighted by Gasteiger charge is -2.14. The van der Waals surface area contributed by atoms with E-state index in [0.29, 0.717) is 5.41 Å². The predicted octanol–water partition coefficient (Wildman–Crippen LogP) is 2.85. The van der Waals surface area contributed by atoms with Gasteiger partial charge in [0.05, 0.1) is 0 Å². The molecule has 0 N–H and O–H groups in total. The zero-order chi connectivity index (χ0) is 6.91. The van der Waals surface area contributed by atoms with Gasteiger partial charge in [-0.15, -0.1) is 11.3 Å². The van der Waals surface area contributed by atoms with Gasteiger partial charge in [0.25, 0.3) is 0 Å². The second kappa shape index (κ2) is 2.14. The summed E-state index contributed by atoms with van der Waals surface area (Å²) in [5.74, 6) is 0. The summed E-state index contributed by atoms with van der Waals surface area (Å²) in [5.41, 5.74) is 0.310. The highest BCUT2D eigenvalue weighted by Crippen LogP contribution is 2.25. The first-order valence-corrected chi connectivity index (χ1v) is 3.89. The van der Waals surface area contributed by atoms with Crippen LogP contribution in [0.2, 0.25) is 0 Å². The summed E-state index contributed by atoms with van der Waals surface area (Å²) in [6.07, 6.45) is 0. The Bertz CT molecular complexity index is 167. The van der Waals surface area contributed by atoms with Gasteiger partial charge in [0.2, 0.25) is 0 Å². The molecule has 49 valence electrons. The quantitative estimate of drug-likeness (QED) is 0.518. The number of rotatable bonds is 0. The second-order valence-corrected chi connectivity index (χ2v) is 4.05. The molecule has 9 heavy (non-hydrogen) atoms. The van der Waals surface area contributed by atoms with E-state index in [-0.39, 0.29) is 0 Å². The van der Waals surface area contributed by atoms with E-state index in [4.69, 9.17) is 0 Å². The molecule has 0 saturated carbocycles. The number of hydrogen-bond acceptors (Lipinski definition) is 1. The van der Waals surface area contributed by atoms with E-state index in [2.05, 4.69) is 32.2 Å². The molecule has 0 aromatic carbocycles. The minimum Gasteiger partial charge on any atom is -0.139 e. The molecular formula is C8H11S. The summed E-state index contributed by atoms with van der Waals surface area (Å²) >= 11 is 1.70. The molecule has 0 aliphatic rings. The van der Waals surface area contributed by atoms with E-state index < -0.39 is 0 Å². The van der Waals surface area contributed by atoms with Crippen LogP contribution in [0.3, 0.4) is 0 Å². The molecular weight excluding hydrogens is 128 g/mol. The molecule has 1 radical (unpaired) electrons. The lowest BCUT2D eigenvalue weighted by molar-refractivity contribution is 0.604. The smallest absolute Gasteiger partial charge is 0.0445 e. The third-order valence-electron chi connectivity index (χ3n) is 1.21. The highest BCUT2D eigenvalue weighted by molar-refractivity contribution is 7.09. The van der Waals surface area contributed by atoms with Crippen LogP contribution in [-0.2, 0) is 5.41 Å². The Balaban J connectivity index is 2.90. The third kappa shape index (κ3) is 1.55. The Kier molecular flexibility index (Phi) is 1.62.